The molecule has 1 saturated carbocycles. The van der Waals surface area contributed by atoms with Gasteiger partial charge in [-0.25, -0.2) is 0 Å². The number of hydrogen-bond donors (Lipinski definition) is 1. The van der Waals surface area contributed by atoms with Gasteiger partial charge in [0.15, 0.2) is 0 Å². The molecule has 0 heterocycles. The van der Waals surface area contributed by atoms with Gasteiger partial charge in [-0.05, 0) is 32.9 Å². The Morgan fingerprint density at radius 3 is 2.83 bits per heavy atom. The van der Waals surface area contributed by atoms with Gasteiger partial charge in [-0.3, -0.25) is 0 Å². The molecule has 2 rings (SSSR count). The fourth-order valence-corrected chi connectivity index (χ4v) is 2.05. The number of rotatable bonds is 8. The third-order valence-electron chi connectivity index (χ3n) is 3.22. The summed E-state index contributed by atoms with van der Waals surface area (Å²) in [5.41, 5.74) is 1.27. The summed E-state index contributed by atoms with van der Waals surface area (Å²) >= 11 is 0. The van der Waals surface area contributed by atoms with Crippen molar-refractivity contribution in [3.63, 3.8) is 0 Å². The first-order chi connectivity index (χ1) is 8.79. The molecule has 18 heavy (non-hydrogen) atoms. The molecule has 0 atom stereocenters. The van der Waals surface area contributed by atoms with Gasteiger partial charge in [0.2, 0.25) is 0 Å². The van der Waals surface area contributed by atoms with Crippen LogP contribution >= 0.6 is 0 Å². The van der Waals surface area contributed by atoms with Crippen LogP contribution in [0.15, 0.2) is 24.3 Å². The van der Waals surface area contributed by atoms with Crippen molar-refractivity contribution in [2.24, 2.45) is 0 Å². The molecule has 1 N–H and O–H groups in total. The molecule has 3 heteroatoms. The van der Waals surface area contributed by atoms with E-state index < -0.39 is 0 Å². The first kappa shape index (κ1) is 13.4. The van der Waals surface area contributed by atoms with Crippen molar-refractivity contribution in [2.45, 2.75) is 32.4 Å². The molecule has 0 amide bonds. The molecule has 0 bridgehead atoms. The lowest BCUT2D eigenvalue weighted by Gasteiger charge is -2.19. The molecule has 0 aromatic heterocycles. The highest BCUT2D eigenvalue weighted by molar-refractivity contribution is 5.33. The van der Waals surface area contributed by atoms with Crippen molar-refractivity contribution in [3.05, 3.63) is 29.8 Å². The smallest absolute Gasteiger partial charge is 0.123 e. The Labute approximate surface area is 110 Å². The van der Waals surface area contributed by atoms with Gasteiger partial charge in [0, 0.05) is 31.2 Å². The monoisotopic (exact) mass is 248 g/mol. The van der Waals surface area contributed by atoms with Crippen molar-refractivity contribution >= 4 is 0 Å². The van der Waals surface area contributed by atoms with E-state index in [0.29, 0.717) is 0 Å². The maximum absolute atomic E-state index is 5.65. The fraction of sp³-hybridized carbons (Fsp3) is 0.600. The van der Waals surface area contributed by atoms with Gasteiger partial charge >= 0.3 is 0 Å². The normalized spacial score (nSPS) is 15.1. The molecule has 0 spiro atoms. The van der Waals surface area contributed by atoms with Crippen molar-refractivity contribution in [2.75, 3.05) is 26.7 Å². The highest BCUT2D eigenvalue weighted by atomic mass is 16.5. The summed E-state index contributed by atoms with van der Waals surface area (Å²) < 4.78 is 5.65. The number of nitrogens with one attached hydrogen (secondary N) is 1. The van der Waals surface area contributed by atoms with E-state index in [1.165, 1.54) is 18.4 Å². The summed E-state index contributed by atoms with van der Waals surface area (Å²) in [7, 11) is 2.16. The van der Waals surface area contributed by atoms with E-state index in [9.17, 15) is 0 Å². The minimum Gasteiger partial charge on any atom is -0.494 e. The largest absolute Gasteiger partial charge is 0.494 e. The molecular formula is C15H24N2O. The Hall–Kier alpha value is -1.06. The van der Waals surface area contributed by atoms with Crippen LogP contribution in [0.1, 0.15) is 25.3 Å². The van der Waals surface area contributed by atoms with Gasteiger partial charge in [0.1, 0.15) is 5.75 Å². The SMILES string of the molecule is CCOc1ccccc1CN(C)CCNC1CC1. The highest BCUT2D eigenvalue weighted by Gasteiger charge is 2.19. The van der Waals surface area contributed by atoms with Crippen molar-refractivity contribution < 1.29 is 4.74 Å². The van der Waals surface area contributed by atoms with E-state index in [2.05, 4.69) is 35.5 Å². The zero-order valence-electron chi connectivity index (χ0n) is 11.5. The second-order valence-electron chi connectivity index (χ2n) is 5.01. The van der Waals surface area contributed by atoms with Gasteiger partial charge in [-0.2, -0.15) is 0 Å². The van der Waals surface area contributed by atoms with Crippen LogP contribution in [0.25, 0.3) is 0 Å². The van der Waals surface area contributed by atoms with Crippen LogP contribution in [0, 0.1) is 0 Å². The lowest BCUT2D eigenvalue weighted by atomic mass is 10.2. The van der Waals surface area contributed by atoms with Crippen LogP contribution in [0.2, 0.25) is 0 Å². The fourth-order valence-electron chi connectivity index (χ4n) is 2.05. The van der Waals surface area contributed by atoms with Crippen LogP contribution in [0.4, 0.5) is 0 Å². The average Bonchev–Trinajstić information content (AvgIpc) is 3.16. The van der Waals surface area contributed by atoms with Gasteiger partial charge in [0.05, 0.1) is 6.61 Å². The van der Waals surface area contributed by atoms with E-state index in [0.717, 1.165) is 38.0 Å². The summed E-state index contributed by atoms with van der Waals surface area (Å²) in [4.78, 5) is 2.34. The summed E-state index contributed by atoms with van der Waals surface area (Å²) in [6.07, 6.45) is 2.72. The summed E-state index contributed by atoms with van der Waals surface area (Å²) in [6.45, 7) is 5.86. The number of benzene rings is 1. The average molecular weight is 248 g/mol. The Morgan fingerprint density at radius 2 is 2.11 bits per heavy atom. The number of ether oxygens (including phenoxy) is 1. The first-order valence-corrected chi connectivity index (χ1v) is 6.92. The molecule has 1 aromatic rings. The Bertz CT molecular complexity index is 363. The van der Waals surface area contributed by atoms with E-state index in [-0.39, 0.29) is 0 Å². The summed E-state index contributed by atoms with van der Waals surface area (Å²) in [6, 6.07) is 9.11. The van der Waals surface area contributed by atoms with Gasteiger partial charge in [-0.1, -0.05) is 18.2 Å². The predicted octanol–water partition coefficient (Wildman–Crippen LogP) is 2.27. The topological polar surface area (TPSA) is 24.5 Å². The maximum atomic E-state index is 5.65. The Kier molecular flexibility index (Phi) is 5.02. The van der Waals surface area contributed by atoms with Crippen LogP contribution in [-0.2, 0) is 6.54 Å². The van der Waals surface area contributed by atoms with Gasteiger partial charge in [-0.15, -0.1) is 0 Å². The molecule has 1 aromatic carbocycles. The second-order valence-corrected chi connectivity index (χ2v) is 5.01. The molecule has 0 unspecified atom stereocenters. The predicted molar refractivity (Wildman–Crippen MR) is 75.0 cm³/mol. The summed E-state index contributed by atoms with van der Waals surface area (Å²) in [5, 5.41) is 3.54. The van der Waals surface area contributed by atoms with Crippen LogP contribution in [-0.4, -0.2) is 37.7 Å². The molecule has 100 valence electrons. The van der Waals surface area contributed by atoms with Crippen molar-refractivity contribution in [1.82, 2.24) is 10.2 Å². The van der Waals surface area contributed by atoms with Gasteiger partial charge < -0.3 is 15.0 Å². The maximum Gasteiger partial charge on any atom is 0.123 e. The lowest BCUT2D eigenvalue weighted by molar-refractivity contribution is 0.302. The van der Waals surface area contributed by atoms with E-state index in [1.54, 1.807) is 0 Å². The Morgan fingerprint density at radius 1 is 1.33 bits per heavy atom. The van der Waals surface area contributed by atoms with E-state index >= 15 is 0 Å². The zero-order valence-corrected chi connectivity index (χ0v) is 11.5. The standard InChI is InChI=1S/C15H24N2O/c1-3-18-15-7-5-4-6-13(15)12-17(2)11-10-16-14-8-9-14/h4-7,14,16H,3,8-12H2,1-2H3. The molecule has 3 nitrogen and oxygen atoms in total. The Balaban J connectivity index is 1.79. The molecule has 1 aliphatic rings. The minimum atomic E-state index is 0.726. The quantitative estimate of drug-likeness (QED) is 0.764. The number of likely N-dealkylation sites (N-methyl/N-ethyl adjacent to an activating group) is 1. The molecule has 1 fully saturated rings. The lowest BCUT2D eigenvalue weighted by Crippen LogP contribution is -2.30. The third kappa shape index (κ3) is 4.31. The molecular weight excluding hydrogens is 224 g/mol. The molecule has 0 radical (unpaired) electrons. The molecule has 0 saturated heterocycles. The number of hydrogen-bond acceptors (Lipinski definition) is 3. The van der Waals surface area contributed by atoms with E-state index in [4.69, 9.17) is 4.74 Å². The third-order valence-corrected chi connectivity index (χ3v) is 3.22. The van der Waals surface area contributed by atoms with Crippen molar-refractivity contribution in [1.29, 1.82) is 0 Å². The zero-order chi connectivity index (χ0) is 12.8. The summed E-state index contributed by atoms with van der Waals surface area (Å²) in [5.74, 6) is 1.02. The highest BCUT2D eigenvalue weighted by Crippen LogP contribution is 2.20. The van der Waals surface area contributed by atoms with Crippen LogP contribution in [0.5, 0.6) is 5.75 Å². The van der Waals surface area contributed by atoms with E-state index in [1.807, 2.05) is 13.0 Å². The minimum absolute atomic E-state index is 0.726. The number of nitrogens with zero attached hydrogens (tertiary/aromatic N) is 1. The molecule has 0 aliphatic heterocycles. The van der Waals surface area contributed by atoms with Crippen LogP contribution < -0.4 is 10.1 Å². The van der Waals surface area contributed by atoms with Crippen LogP contribution in [0.3, 0.4) is 0 Å². The molecule has 1 aliphatic carbocycles. The first-order valence-electron chi connectivity index (χ1n) is 6.92. The van der Waals surface area contributed by atoms with Crippen molar-refractivity contribution in [3.8, 4) is 5.75 Å². The second kappa shape index (κ2) is 6.76. The van der Waals surface area contributed by atoms with Gasteiger partial charge in [0.25, 0.3) is 0 Å². The number of para-hydroxylation sites is 1.